The van der Waals surface area contributed by atoms with E-state index in [1.807, 2.05) is 0 Å². The number of thiazole rings is 1. The van der Waals surface area contributed by atoms with E-state index in [1.54, 1.807) is 0 Å². The number of hydrogen-bond acceptors (Lipinski definition) is 5. The Morgan fingerprint density at radius 2 is 2.30 bits per heavy atom. The maximum absolute atomic E-state index is 11.9. The molecule has 0 saturated heterocycles. The molecule has 1 amide bonds. The Hall–Kier alpha value is -2.07. The molecule has 2 aromatic rings. The third-order valence-corrected chi connectivity index (χ3v) is 3.36. The first-order valence-corrected chi connectivity index (χ1v) is 6.65. The smallest absolute Gasteiger partial charge is 0.257 e. The zero-order chi connectivity index (χ0) is 14.5. The molecule has 0 aliphatic rings. The van der Waals surface area contributed by atoms with Crippen LogP contribution >= 0.6 is 22.9 Å². The molecule has 0 atom stereocenters. The summed E-state index contributed by atoms with van der Waals surface area (Å²) in [7, 11) is 0. The highest BCUT2D eigenvalue weighted by atomic mass is 35.5. The maximum atomic E-state index is 11.9. The van der Waals surface area contributed by atoms with E-state index in [-0.39, 0.29) is 23.3 Å². The van der Waals surface area contributed by atoms with Crippen LogP contribution in [0.25, 0.3) is 0 Å². The zero-order valence-electron chi connectivity index (χ0n) is 10.1. The molecule has 1 heterocycles. The van der Waals surface area contributed by atoms with Gasteiger partial charge in [0, 0.05) is 5.56 Å². The van der Waals surface area contributed by atoms with Gasteiger partial charge in [0.25, 0.3) is 5.91 Å². The second-order valence-electron chi connectivity index (χ2n) is 3.61. The Morgan fingerprint density at radius 1 is 1.50 bits per heavy atom. The molecule has 0 aliphatic heterocycles. The highest BCUT2D eigenvalue weighted by Crippen LogP contribution is 2.24. The van der Waals surface area contributed by atoms with Gasteiger partial charge in [0.2, 0.25) is 0 Å². The Labute approximate surface area is 123 Å². The molecule has 1 aromatic carbocycles. The zero-order valence-corrected chi connectivity index (χ0v) is 11.6. The topological polar surface area (TPSA) is 82.5 Å². The number of rotatable bonds is 2. The standard InChI is InChI=1S/C13H9ClN2O3S/c14-10-6-8(3-4-11(10)18)12(19)16-13-15-7-9(20-13)2-1-5-17/h3-4,6-7,17-18H,5H2,(H,15,16,19). The minimum Gasteiger partial charge on any atom is -0.506 e. The molecule has 1 aromatic heterocycles. The number of aliphatic hydroxyl groups is 1. The highest BCUT2D eigenvalue weighted by molar-refractivity contribution is 7.16. The van der Waals surface area contributed by atoms with Gasteiger partial charge in [0.1, 0.15) is 12.4 Å². The monoisotopic (exact) mass is 308 g/mol. The number of nitrogens with one attached hydrogen (secondary N) is 1. The third-order valence-electron chi connectivity index (χ3n) is 2.23. The molecule has 2 rings (SSSR count). The molecule has 0 fully saturated rings. The van der Waals surface area contributed by atoms with Crippen molar-refractivity contribution in [3.8, 4) is 17.6 Å². The van der Waals surface area contributed by atoms with Crippen molar-refractivity contribution in [2.45, 2.75) is 0 Å². The van der Waals surface area contributed by atoms with Gasteiger partial charge in [-0.15, -0.1) is 0 Å². The molecule has 0 saturated carbocycles. The van der Waals surface area contributed by atoms with Crippen molar-refractivity contribution in [3.63, 3.8) is 0 Å². The van der Waals surface area contributed by atoms with Gasteiger partial charge >= 0.3 is 0 Å². The molecule has 7 heteroatoms. The van der Waals surface area contributed by atoms with Crippen LogP contribution in [0, 0.1) is 11.8 Å². The van der Waals surface area contributed by atoms with E-state index < -0.39 is 0 Å². The fourth-order valence-corrected chi connectivity index (χ4v) is 2.20. The highest BCUT2D eigenvalue weighted by Gasteiger charge is 2.10. The fraction of sp³-hybridized carbons (Fsp3) is 0.0769. The summed E-state index contributed by atoms with van der Waals surface area (Å²) in [6, 6.07) is 4.17. The summed E-state index contributed by atoms with van der Waals surface area (Å²) in [5.74, 6) is 4.72. The quantitative estimate of drug-likeness (QED) is 0.742. The number of aliphatic hydroxyl groups excluding tert-OH is 1. The molecule has 0 spiro atoms. The molecule has 3 N–H and O–H groups in total. The van der Waals surface area contributed by atoms with E-state index >= 15 is 0 Å². The lowest BCUT2D eigenvalue weighted by atomic mass is 10.2. The number of phenolic OH excluding ortho intramolecular Hbond substituents is 1. The number of carbonyl (C=O) groups is 1. The minimum absolute atomic E-state index is 0.0842. The molecule has 0 radical (unpaired) electrons. The number of nitrogens with zero attached hydrogens (tertiary/aromatic N) is 1. The van der Waals surface area contributed by atoms with Crippen LogP contribution in [0.2, 0.25) is 5.02 Å². The average Bonchev–Trinajstić information content (AvgIpc) is 2.87. The number of amides is 1. The van der Waals surface area contributed by atoms with Gasteiger partial charge < -0.3 is 10.2 Å². The Bertz CT molecular complexity index is 703. The van der Waals surface area contributed by atoms with Crippen LogP contribution < -0.4 is 5.32 Å². The van der Waals surface area contributed by atoms with Gasteiger partial charge in [-0.2, -0.15) is 0 Å². The number of hydrogen-bond donors (Lipinski definition) is 3. The predicted octanol–water partition coefficient (Wildman–Crippen LogP) is 2.10. The molecule has 0 unspecified atom stereocenters. The van der Waals surface area contributed by atoms with Crippen molar-refractivity contribution in [1.29, 1.82) is 0 Å². The first-order chi connectivity index (χ1) is 9.60. The summed E-state index contributed by atoms with van der Waals surface area (Å²) in [5, 5.41) is 21.0. The lowest BCUT2D eigenvalue weighted by molar-refractivity contribution is 0.102. The fourth-order valence-electron chi connectivity index (χ4n) is 1.33. The van der Waals surface area contributed by atoms with Crippen molar-refractivity contribution in [3.05, 3.63) is 39.9 Å². The number of phenols is 1. The van der Waals surface area contributed by atoms with Gasteiger partial charge in [-0.1, -0.05) is 34.8 Å². The number of aromatic hydroxyl groups is 1. The van der Waals surface area contributed by atoms with Crippen LogP contribution in [0.5, 0.6) is 5.75 Å². The first-order valence-electron chi connectivity index (χ1n) is 5.45. The third kappa shape index (κ3) is 3.48. The van der Waals surface area contributed by atoms with Gasteiger partial charge in [0.05, 0.1) is 16.1 Å². The Balaban J connectivity index is 2.11. The summed E-state index contributed by atoms with van der Waals surface area (Å²) < 4.78 is 0. The summed E-state index contributed by atoms with van der Waals surface area (Å²) in [6.07, 6.45) is 1.51. The van der Waals surface area contributed by atoms with Crippen molar-refractivity contribution >= 4 is 34.0 Å². The van der Waals surface area contributed by atoms with Crippen LogP contribution in [0.15, 0.2) is 24.4 Å². The van der Waals surface area contributed by atoms with E-state index in [0.717, 1.165) is 0 Å². The number of carbonyl (C=O) groups excluding carboxylic acids is 1. The van der Waals surface area contributed by atoms with Crippen molar-refractivity contribution in [1.82, 2.24) is 4.98 Å². The SMILES string of the molecule is O=C(Nc1ncc(C#CCO)s1)c1ccc(O)c(Cl)c1. The van der Waals surface area contributed by atoms with E-state index in [9.17, 15) is 9.90 Å². The number of benzene rings is 1. The molecular formula is C13H9ClN2O3S. The Morgan fingerprint density at radius 3 is 3.00 bits per heavy atom. The molecular weight excluding hydrogens is 300 g/mol. The van der Waals surface area contributed by atoms with Crippen molar-refractivity contribution in [2.24, 2.45) is 0 Å². The second kappa shape index (κ2) is 6.39. The number of halogens is 1. The lowest BCUT2D eigenvalue weighted by Crippen LogP contribution is -2.11. The number of aromatic nitrogens is 1. The van der Waals surface area contributed by atoms with Crippen LogP contribution in [-0.4, -0.2) is 27.7 Å². The first kappa shape index (κ1) is 14.3. The van der Waals surface area contributed by atoms with E-state index in [2.05, 4.69) is 22.1 Å². The Kier molecular flexibility index (Phi) is 4.58. The molecule has 20 heavy (non-hydrogen) atoms. The molecule has 0 aliphatic carbocycles. The van der Waals surface area contributed by atoms with E-state index in [1.165, 1.54) is 35.7 Å². The van der Waals surface area contributed by atoms with Gasteiger partial charge in [-0.05, 0) is 18.2 Å². The predicted molar refractivity (Wildman–Crippen MR) is 77.1 cm³/mol. The normalized spacial score (nSPS) is 9.70. The molecule has 0 bridgehead atoms. The van der Waals surface area contributed by atoms with Gasteiger partial charge in [0.15, 0.2) is 5.13 Å². The summed E-state index contributed by atoms with van der Waals surface area (Å²) in [6.45, 7) is -0.231. The summed E-state index contributed by atoms with van der Waals surface area (Å²) >= 11 is 6.93. The van der Waals surface area contributed by atoms with Crippen molar-refractivity contribution in [2.75, 3.05) is 11.9 Å². The van der Waals surface area contributed by atoms with Crippen LogP contribution in [0.1, 0.15) is 15.2 Å². The van der Waals surface area contributed by atoms with Crippen LogP contribution in [0.4, 0.5) is 5.13 Å². The maximum Gasteiger partial charge on any atom is 0.257 e. The van der Waals surface area contributed by atoms with Crippen LogP contribution in [-0.2, 0) is 0 Å². The summed E-state index contributed by atoms with van der Waals surface area (Å²) in [5.41, 5.74) is 0.311. The summed E-state index contributed by atoms with van der Waals surface area (Å²) in [4.78, 5) is 16.6. The van der Waals surface area contributed by atoms with E-state index in [4.69, 9.17) is 16.7 Å². The van der Waals surface area contributed by atoms with Gasteiger partial charge in [-0.3, -0.25) is 10.1 Å². The second-order valence-corrected chi connectivity index (χ2v) is 5.05. The number of anilines is 1. The molecule has 102 valence electrons. The lowest BCUT2D eigenvalue weighted by Gasteiger charge is -2.03. The average molecular weight is 309 g/mol. The molecule has 5 nitrogen and oxygen atoms in total. The van der Waals surface area contributed by atoms with Crippen LogP contribution in [0.3, 0.4) is 0 Å². The van der Waals surface area contributed by atoms with Crippen molar-refractivity contribution < 1.29 is 15.0 Å². The van der Waals surface area contributed by atoms with Gasteiger partial charge in [-0.25, -0.2) is 4.98 Å². The minimum atomic E-state index is -0.386. The van der Waals surface area contributed by atoms with E-state index in [0.29, 0.717) is 15.6 Å². The largest absolute Gasteiger partial charge is 0.506 e.